The van der Waals surface area contributed by atoms with Crippen molar-refractivity contribution in [1.29, 1.82) is 0 Å². The van der Waals surface area contributed by atoms with Crippen LogP contribution in [0.5, 0.6) is 0 Å². The first-order valence-corrected chi connectivity index (χ1v) is 4.99. The van der Waals surface area contributed by atoms with E-state index >= 15 is 0 Å². The van der Waals surface area contributed by atoms with Crippen LogP contribution in [0.3, 0.4) is 0 Å². The Bertz CT molecular complexity index is 253. The van der Waals surface area contributed by atoms with Crippen molar-refractivity contribution >= 4 is 19.5 Å². The average Bonchev–Trinajstić information content (AvgIpc) is 1.99. The van der Waals surface area contributed by atoms with Gasteiger partial charge >= 0.3 is 19.5 Å². The average molecular weight is 226 g/mol. The summed E-state index contributed by atoms with van der Waals surface area (Å²) >= 11 is 0. The molecule has 0 bridgehead atoms. The molecule has 0 heterocycles. The monoisotopic (exact) mass is 226 g/mol. The van der Waals surface area contributed by atoms with Crippen molar-refractivity contribution in [3.8, 4) is 0 Å². The van der Waals surface area contributed by atoms with Gasteiger partial charge in [0.15, 0.2) is 0 Å². The van der Waals surface area contributed by atoms with Crippen LogP contribution in [-0.4, -0.2) is 40.1 Å². The first-order chi connectivity index (χ1) is 6.22. The molecule has 0 saturated carbocycles. The van der Waals surface area contributed by atoms with Crippen molar-refractivity contribution in [3.63, 3.8) is 0 Å². The lowest BCUT2D eigenvalue weighted by molar-refractivity contribution is -0.135. The molecule has 0 aromatic carbocycles. The van der Waals surface area contributed by atoms with E-state index in [2.05, 4.69) is 11.3 Å². The predicted molar refractivity (Wildman–Crippen MR) is 46.8 cm³/mol. The molecule has 0 radical (unpaired) electrons. The van der Waals surface area contributed by atoms with Gasteiger partial charge in [-0.1, -0.05) is 6.58 Å². The van der Waals surface area contributed by atoms with Gasteiger partial charge in [-0.3, -0.25) is 9.36 Å². The van der Waals surface area contributed by atoms with Gasteiger partial charge in [0.1, 0.15) is 6.16 Å². The van der Waals surface area contributed by atoms with E-state index in [1.165, 1.54) is 7.11 Å². The molecule has 8 heteroatoms. The van der Waals surface area contributed by atoms with E-state index in [1.807, 2.05) is 0 Å². The molecule has 0 amide bonds. The molecule has 0 atom stereocenters. The number of carboxylic acids is 1. The van der Waals surface area contributed by atoms with Crippen molar-refractivity contribution in [2.75, 3.05) is 13.3 Å². The molecule has 0 aromatic rings. The van der Waals surface area contributed by atoms with Gasteiger partial charge in [-0.05, 0) is 0 Å². The molecule has 0 unspecified atom stereocenters. The number of methoxy groups -OCH3 is 1. The molecule has 0 saturated heterocycles. The Kier molecular flexibility index (Phi) is 7.93. The standard InChI is InChI=1S/C4H6O2.C2H5O5P/c1-3-4(5)6-2;3-2(4)1-8(5,6)7/h3H,1H2,2H3;1H2,(H,3,4)(H2,5,6,7). The fourth-order valence-corrected chi connectivity index (χ4v) is 0.612. The van der Waals surface area contributed by atoms with E-state index in [9.17, 15) is 14.2 Å². The Morgan fingerprint density at radius 3 is 1.93 bits per heavy atom. The highest BCUT2D eigenvalue weighted by atomic mass is 31.2. The number of carbonyl (C=O) groups is 2. The van der Waals surface area contributed by atoms with Crippen LogP contribution in [0.15, 0.2) is 12.7 Å². The molecule has 0 aliphatic carbocycles. The van der Waals surface area contributed by atoms with E-state index in [4.69, 9.17) is 14.9 Å². The quantitative estimate of drug-likeness (QED) is 0.340. The molecular weight excluding hydrogens is 215 g/mol. The van der Waals surface area contributed by atoms with Crippen LogP contribution >= 0.6 is 7.60 Å². The van der Waals surface area contributed by atoms with Gasteiger partial charge in [0.2, 0.25) is 0 Å². The SMILES string of the molecule is C=CC(=O)OC.O=C(O)CP(=O)(O)O. The summed E-state index contributed by atoms with van der Waals surface area (Å²) in [6.45, 7) is 3.16. The predicted octanol–water partition coefficient (Wildman–Crippen LogP) is -0.406. The van der Waals surface area contributed by atoms with Crippen molar-refractivity contribution in [3.05, 3.63) is 12.7 Å². The number of aliphatic carboxylic acids is 1. The Balaban J connectivity index is 0. The van der Waals surface area contributed by atoms with Crippen LogP contribution in [-0.2, 0) is 18.9 Å². The normalized spacial score (nSPS) is 9.36. The van der Waals surface area contributed by atoms with Crippen LogP contribution in [0.2, 0.25) is 0 Å². The molecular formula is C6H11O7P. The fraction of sp³-hybridized carbons (Fsp3) is 0.333. The van der Waals surface area contributed by atoms with Gasteiger partial charge in [-0.15, -0.1) is 0 Å². The number of ether oxygens (including phenoxy) is 1. The second kappa shape index (κ2) is 7.25. The van der Waals surface area contributed by atoms with Crippen molar-refractivity contribution in [2.24, 2.45) is 0 Å². The maximum atomic E-state index is 9.84. The molecule has 0 rings (SSSR count). The van der Waals surface area contributed by atoms with Crippen LogP contribution in [0.1, 0.15) is 0 Å². The third-order valence-electron chi connectivity index (χ3n) is 0.709. The molecule has 0 spiro atoms. The Morgan fingerprint density at radius 2 is 1.93 bits per heavy atom. The van der Waals surface area contributed by atoms with Gasteiger partial charge in [0, 0.05) is 6.08 Å². The zero-order chi connectivity index (χ0) is 11.8. The number of carboxylic acid groups (broad SMARTS) is 1. The number of rotatable bonds is 3. The topological polar surface area (TPSA) is 121 Å². The van der Waals surface area contributed by atoms with E-state index in [1.54, 1.807) is 0 Å². The highest BCUT2D eigenvalue weighted by Gasteiger charge is 2.17. The molecule has 0 fully saturated rings. The first kappa shape index (κ1) is 15.3. The summed E-state index contributed by atoms with van der Waals surface area (Å²) in [5, 5.41) is 7.76. The van der Waals surface area contributed by atoms with Crippen molar-refractivity contribution in [2.45, 2.75) is 0 Å². The summed E-state index contributed by atoms with van der Waals surface area (Å²) < 4.78 is 13.9. The summed E-state index contributed by atoms with van der Waals surface area (Å²) in [5.41, 5.74) is 0. The van der Waals surface area contributed by atoms with Crippen molar-refractivity contribution < 1.29 is 33.8 Å². The number of hydrogen-bond donors (Lipinski definition) is 3. The van der Waals surface area contributed by atoms with Crippen LogP contribution < -0.4 is 0 Å². The highest BCUT2D eigenvalue weighted by molar-refractivity contribution is 7.52. The zero-order valence-electron chi connectivity index (χ0n) is 7.41. The molecule has 14 heavy (non-hydrogen) atoms. The zero-order valence-corrected chi connectivity index (χ0v) is 8.31. The van der Waals surface area contributed by atoms with Gasteiger partial charge in [0.25, 0.3) is 0 Å². The smallest absolute Gasteiger partial charge is 0.336 e. The fourth-order valence-electron chi connectivity index (χ4n) is 0.260. The number of hydrogen-bond acceptors (Lipinski definition) is 4. The Morgan fingerprint density at radius 1 is 1.50 bits per heavy atom. The number of esters is 1. The van der Waals surface area contributed by atoms with Gasteiger partial charge in [-0.2, -0.15) is 0 Å². The van der Waals surface area contributed by atoms with Crippen LogP contribution in [0.25, 0.3) is 0 Å². The van der Waals surface area contributed by atoms with Crippen molar-refractivity contribution in [1.82, 2.24) is 0 Å². The second-order valence-electron chi connectivity index (χ2n) is 1.94. The third kappa shape index (κ3) is 17.1. The third-order valence-corrected chi connectivity index (χ3v) is 1.39. The minimum atomic E-state index is -4.32. The van der Waals surface area contributed by atoms with Crippen LogP contribution in [0.4, 0.5) is 0 Å². The van der Waals surface area contributed by atoms with E-state index in [-0.39, 0.29) is 0 Å². The summed E-state index contributed by atoms with van der Waals surface area (Å²) in [7, 11) is -3.01. The summed E-state index contributed by atoms with van der Waals surface area (Å²) in [4.78, 5) is 35.2. The molecule has 0 aromatic heterocycles. The lowest BCUT2D eigenvalue weighted by Crippen LogP contribution is -2.01. The van der Waals surface area contributed by atoms with E-state index in [0.717, 1.165) is 6.08 Å². The molecule has 7 nitrogen and oxygen atoms in total. The van der Waals surface area contributed by atoms with Crippen LogP contribution in [0, 0.1) is 0 Å². The highest BCUT2D eigenvalue weighted by Crippen LogP contribution is 2.33. The number of carbonyl (C=O) groups excluding carboxylic acids is 1. The second-order valence-corrected chi connectivity index (χ2v) is 3.59. The van der Waals surface area contributed by atoms with E-state index in [0.29, 0.717) is 0 Å². The largest absolute Gasteiger partial charge is 0.481 e. The molecule has 0 aliphatic rings. The first-order valence-electron chi connectivity index (χ1n) is 3.19. The molecule has 0 aliphatic heterocycles. The minimum absolute atomic E-state index is 0.394. The Hall–Kier alpha value is -1.17. The summed E-state index contributed by atoms with van der Waals surface area (Å²) in [5.74, 6) is -1.88. The summed E-state index contributed by atoms with van der Waals surface area (Å²) in [6, 6.07) is 0. The van der Waals surface area contributed by atoms with Gasteiger partial charge < -0.3 is 19.6 Å². The lowest BCUT2D eigenvalue weighted by Gasteiger charge is -1.95. The molecule has 3 N–H and O–H groups in total. The van der Waals surface area contributed by atoms with E-state index < -0.39 is 25.7 Å². The van der Waals surface area contributed by atoms with Gasteiger partial charge in [0.05, 0.1) is 7.11 Å². The summed E-state index contributed by atoms with van der Waals surface area (Å²) in [6.07, 6.45) is 0.0208. The molecule has 82 valence electrons. The maximum absolute atomic E-state index is 9.84. The lowest BCUT2D eigenvalue weighted by atomic mass is 10.7. The van der Waals surface area contributed by atoms with Gasteiger partial charge in [-0.25, -0.2) is 4.79 Å². The minimum Gasteiger partial charge on any atom is -0.481 e. The Labute approximate surface area is 80.2 Å². The maximum Gasteiger partial charge on any atom is 0.336 e.